The Morgan fingerprint density at radius 1 is 0.708 bits per heavy atom. The Kier molecular flexibility index (Phi) is 6.85. The number of rotatable bonds is 8. The second kappa shape index (κ2) is 9.11. The minimum Gasteiger partial charge on any atom is -0.372 e. The predicted octanol–water partition coefficient (Wildman–Crippen LogP) is 4.63. The second-order valence-corrected chi connectivity index (χ2v) is 5.31. The van der Waals surface area contributed by atoms with Gasteiger partial charge in [-0.15, -0.1) is 5.23 Å². The van der Waals surface area contributed by atoms with Gasteiger partial charge in [-0.1, -0.05) is 36.4 Å². The number of hydrogen-bond donors (Lipinski definition) is 0. The fourth-order valence-corrected chi connectivity index (χ4v) is 2.57. The van der Waals surface area contributed by atoms with E-state index in [2.05, 4.69) is 55.2 Å². The molecule has 0 saturated carbocycles. The van der Waals surface area contributed by atoms with Crippen molar-refractivity contribution in [3.63, 3.8) is 0 Å². The van der Waals surface area contributed by atoms with Gasteiger partial charge in [-0.25, -0.2) is 0 Å². The van der Waals surface area contributed by atoms with E-state index in [0.717, 1.165) is 24.3 Å². The topological polar surface area (TPSA) is 24.9 Å². The van der Waals surface area contributed by atoms with E-state index >= 15 is 0 Å². The minimum absolute atomic E-state index is 0.848. The molecule has 0 aliphatic rings. The molecule has 2 rings (SSSR count). The maximum atomic E-state index is 5.09. The highest BCUT2D eigenvalue weighted by atomic mass is 16.9. The molecule has 0 unspecified atom stereocenters. The summed E-state index contributed by atoms with van der Waals surface area (Å²) < 4.78 is 0. The first-order valence-corrected chi connectivity index (χ1v) is 8.23. The third-order valence-electron chi connectivity index (χ3n) is 3.93. The summed E-state index contributed by atoms with van der Waals surface area (Å²) in [6.07, 6.45) is 4.21. The van der Waals surface area contributed by atoms with E-state index in [9.17, 15) is 0 Å². The van der Waals surface area contributed by atoms with Crippen molar-refractivity contribution >= 4 is 23.5 Å². The summed E-state index contributed by atoms with van der Waals surface area (Å²) in [5.74, 6) is 0. The lowest BCUT2D eigenvalue weighted by atomic mass is 10.1. The molecule has 0 aromatic heterocycles. The van der Waals surface area contributed by atoms with Crippen molar-refractivity contribution in [2.45, 2.75) is 13.8 Å². The van der Waals surface area contributed by atoms with Gasteiger partial charge in [0.05, 0.1) is 19.9 Å². The lowest BCUT2D eigenvalue weighted by molar-refractivity contribution is -0.0433. The van der Waals surface area contributed by atoms with E-state index < -0.39 is 0 Å². The molecule has 2 aromatic rings. The molecule has 4 nitrogen and oxygen atoms in total. The highest BCUT2D eigenvalue weighted by Gasteiger charge is 2.03. The van der Waals surface area contributed by atoms with Crippen LogP contribution in [0.15, 0.2) is 48.5 Å². The second-order valence-electron chi connectivity index (χ2n) is 5.31. The Labute approximate surface area is 144 Å². The molecule has 0 aliphatic heterocycles. The van der Waals surface area contributed by atoms with Crippen molar-refractivity contribution in [1.29, 1.82) is 0 Å². The van der Waals surface area contributed by atoms with Crippen LogP contribution >= 0.6 is 0 Å². The van der Waals surface area contributed by atoms with E-state index in [-0.39, 0.29) is 0 Å². The number of hydrogen-bond acceptors (Lipinski definition) is 4. The summed E-state index contributed by atoms with van der Waals surface area (Å²) >= 11 is 0. The lowest BCUT2D eigenvalue weighted by Gasteiger charge is -2.20. The molecule has 0 bridgehead atoms. The fraction of sp³-hybridized carbons (Fsp3) is 0.300. The molecule has 4 heteroatoms. The summed E-state index contributed by atoms with van der Waals surface area (Å²) in [5, 5.41) is 1.36. The Morgan fingerprint density at radius 2 is 1.12 bits per heavy atom. The molecule has 0 radical (unpaired) electrons. The number of nitrogens with zero attached hydrogens (tertiary/aromatic N) is 2. The molecule has 24 heavy (non-hydrogen) atoms. The molecule has 0 saturated heterocycles. The maximum absolute atomic E-state index is 5.09. The van der Waals surface area contributed by atoms with Crippen LogP contribution in [0.2, 0.25) is 0 Å². The summed E-state index contributed by atoms with van der Waals surface area (Å²) in [7, 11) is 3.14. The van der Waals surface area contributed by atoms with Crippen LogP contribution in [0.1, 0.15) is 25.0 Å². The van der Waals surface area contributed by atoms with Gasteiger partial charge in [0.25, 0.3) is 0 Å². The van der Waals surface area contributed by atoms with Gasteiger partial charge in [-0.05, 0) is 49.2 Å². The zero-order valence-electron chi connectivity index (χ0n) is 14.9. The van der Waals surface area contributed by atoms with Crippen LogP contribution < -0.4 is 10.1 Å². The zero-order valence-corrected chi connectivity index (χ0v) is 14.9. The largest absolute Gasteiger partial charge is 0.372 e. The summed E-state index contributed by atoms with van der Waals surface area (Å²) in [6.45, 7) is 6.40. The van der Waals surface area contributed by atoms with Crippen molar-refractivity contribution in [3.05, 3.63) is 59.7 Å². The molecule has 0 atom stereocenters. The van der Waals surface area contributed by atoms with Crippen LogP contribution in [0.25, 0.3) is 12.2 Å². The molecule has 0 spiro atoms. The maximum Gasteiger partial charge on any atom is 0.0947 e. The monoisotopic (exact) mass is 326 g/mol. The first-order chi connectivity index (χ1) is 11.7. The Morgan fingerprint density at radius 3 is 1.50 bits per heavy atom. The van der Waals surface area contributed by atoms with E-state index in [1.54, 1.807) is 14.2 Å². The quantitative estimate of drug-likeness (QED) is 0.521. The molecule has 0 aliphatic carbocycles. The molecule has 0 fully saturated rings. The van der Waals surface area contributed by atoms with Crippen molar-refractivity contribution in [1.82, 2.24) is 0 Å². The van der Waals surface area contributed by atoms with Gasteiger partial charge < -0.3 is 4.90 Å². The van der Waals surface area contributed by atoms with Crippen LogP contribution in [0.4, 0.5) is 11.4 Å². The van der Waals surface area contributed by atoms with Crippen molar-refractivity contribution in [3.8, 4) is 0 Å². The van der Waals surface area contributed by atoms with Crippen molar-refractivity contribution in [2.75, 3.05) is 37.4 Å². The normalized spacial score (nSPS) is 11.0. The molecular formula is C20H26N2O2. The number of benzene rings is 2. The molecule has 128 valence electrons. The first-order valence-electron chi connectivity index (χ1n) is 8.23. The Bertz CT molecular complexity index is 570. The fourth-order valence-electron chi connectivity index (χ4n) is 2.57. The van der Waals surface area contributed by atoms with Gasteiger partial charge in [0.15, 0.2) is 0 Å². The van der Waals surface area contributed by atoms with E-state index in [1.807, 2.05) is 24.3 Å². The molecular weight excluding hydrogens is 300 g/mol. The third-order valence-corrected chi connectivity index (χ3v) is 3.93. The van der Waals surface area contributed by atoms with Gasteiger partial charge in [-0.3, -0.25) is 9.68 Å². The third kappa shape index (κ3) is 4.60. The van der Waals surface area contributed by atoms with Gasteiger partial charge in [0.2, 0.25) is 0 Å². The van der Waals surface area contributed by atoms with Gasteiger partial charge >= 0.3 is 0 Å². The van der Waals surface area contributed by atoms with Gasteiger partial charge in [0.1, 0.15) is 0 Å². The molecule has 2 aromatic carbocycles. The van der Waals surface area contributed by atoms with E-state index in [4.69, 9.17) is 9.68 Å². The average Bonchev–Trinajstić information content (AvgIpc) is 2.64. The standard InChI is InChI=1S/C20H26N2O2/c1-5-21(6-2)19-13-9-17(10-14-19)7-8-18-11-15-20(16-12-18)22(23-3)24-4/h7-16H,5-6H2,1-4H3/b8-7+. The summed E-state index contributed by atoms with van der Waals surface area (Å²) in [4.78, 5) is 12.5. The Balaban J connectivity index is 2.05. The predicted molar refractivity (Wildman–Crippen MR) is 102 cm³/mol. The van der Waals surface area contributed by atoms with E-state index in [1.165, 1.54) is 16.5 Å². The van der Waals surface area contributed by atoms with Crippen LogP contribution in [0, 0.1) is 0 Å². The summed E-state index contributed by atoms with van der Waals surface area (Å²) in [6, 6.07) is 16.6. The molecule has 0 amide bonds. The van der Waals surface area contributed by atoms with Gasteiger partial charge in [-0.2, -0.15) is 0 Å². The SMILES string of the molecule is CCN(CC)c1ccc(/C=C/c2ccc(N(OC)OC)cc2)cc1. The van der Waals surface area contributed by atoms with E-state index in [0.29, 0.717) is 0 Å². The highest BCUT2D eigenvalue weighted by Crippen LogP contribution is 2.19. The van der Waals surface area contributed by atoms with Crippen LogP contribution in [0.3, 0.4) is 0 Å². The molecule has 0 heterocycles. The minimum atomic E-state index is 0.848. The number of anilines is 2. The van der Waals surface area contributed by atoms with Crippen LogP contribution in [0.5, 0.6) is 0 Å². The summed E-state index contributed by atoms with van der Waals surface area (Å²) in [5.41, 5.74) is 4.42. The smallest absolute Gasteiger partial charge is 0.0947 e. The van der Waals surface area contributed by atoms with Gasteiger partial charge in [0, 0.05) is 18.8 Å². The van der Waals surface area contributed by atoms with Crippen LogP contribution in [-0.2, 0) is 9.68 Å². The van der Waals surface area contributed by atoms with Crippen molar-refractivity contribution < 1.29 is 9.68 Å². The highest BCUT2D eigenvalue weighted by molar-refractivity contribution is 5.71. The lowest BCUT2D eigenvalue weighted by Crippen LogP contribution is -2.21. The Hall–Kier alpha value is -2.30. The first kappa shape index (κ1) is 18.0. The zero-order chi connectivity index (χ0) is 17.4. The average molecular weight is 326 g/mol. The molecule has 0 N–H and O–H groups in total. The van der Waals surface area contributed by atoms with Crippen molar-refractivity contribution in [2.24, 2.45) is 0 Å². The van der Waals surface area contributed by atoms with Crippen LogP contribution in [-0.4, -0.2) is 27.3 Å².